The van der Waals surface area contributed by atoms with E-state index in [0.717, 1.165) is 23.7 Å². The Balaban J connectivity index is 1.88. The van der Waals surface area contributed by atoms with E-state index < -0.39 is 26.4 Å². The van der Waals surface area contributed by atoms with Crippen LogP contribution in [-0.4, -0.2) is 45.5 Å². The van der Waals surface area contributed by atoms with Gasteiger partial charge in [0.25, 0.3) is 0 Å². The summed E-state index contributed by atoms with van der Waals surface area (Å²) < 4.78 is 39.9. The van der Waals surface area contributed by atoms with Crippen LogP contribution in [0, 0.1) is 24.5 Å². The van der Waals surface area contributed by atoms with Gasteiger partial charge in [-0.05, 0) is 59.4 Å². The van der Waals surface area contributed by atoms with Gasteiger partial charge in [-0.25, -0.2) is 13.6 Å². The molecular weight excluding hydrogens is 514 g/mol. The van der Waals surface area contributed by atoms with Crippen LogP contribution in [0.5, 0.6) is 0 Å². The highest BCUT2D eigenvalue weighted by Gasteiger charge is 2.37. The predicted molar refractivity (Wildman–Crippen MR) is 127 cm³/mol. The van der Waals surface area contributed by atoms with Crippen molar-refractivity contribution >= 4 is 42.4 Å². The summed E-state index contributed by atoms with van der Waals surface area (Å²) in [6.07, 6.45) is 0.873. The van der Waals surface area contributed by atoms with E-state index in [4.69, 9.17) is 9.47 Å². The van der Waals surface area contributed by atoms with Gasteiger partial charge in [0.15, 0.2) is 11.6 Å². The lowest BCUT2D eigenvalue weighted by Gasteiger charge is -2.22. The number of rotatable bonds is 9. The van der Waals surface area contributed by atoms with Gasteiger partial charge in [0.1, 0.15) is 18.2 Å². The summed E-state index contributed by atoms with van der Waals surface area (Å²) in [5.41, 5.74) is 1.59. The van der Waals surface area contributed by atoms with Crippen LogP contribution in [0.4, 0.5) is 14.6 Å². The van der Waals surface area contributed by atoms with Crippen molar-refractivity contribution in [3.63, 3.8) is 0 Å². The van der Waals surface area contributed by atoms with Crippen LogP contribution in [0.15, 0.2) is 22.7 Å². The van der Waals surface area contributed by atoms with Crippen LogP contribution in [0.2, 0.25) is 19.1 Å². The van der Waals surface area contributed by atoms with E-state index in [1.165, 1.54) is 13.2 Å². The van der Waals surface area contributed by atoms with E-state index in [9.17, 15) is 18.4 Å². The van der Waals surface area contributed by atoms with Crippen molar-refractivity contribution < 1.29 is 27.8 Å². The minimum atomic E-state index is -0.924. The second-order valence-corrected chi connectivity index (χ2v) is 12.2. The standard InChI is InChI=1S/C23H28BrF2N2O4Si/c1-14-19(24)20(23(30)31-2)28(13-32-9-10-33(3)4)21(14)27-8-7-16(22(27)29)11-15-5-6-17(25)18(26)12-15/h5-6,12,16H,7-11,13H2,1-4H3. The third-order valence-electron chi connectivity index (χ3n) is 5.78. The number of carbonyl (C=O) groups is 2. The van der Waals surface area contributed by atoms with E-state index in [0.29, 0.717) is 47.5 Å². The molecule has 1 amide bonds. The molecule has 0 saturated carbocycles. The minimum absolute atomic E-state index is 0.110. The van der Waals surface area contributed by atoms with Gasteiger partial charge in [-0.2, -0.15) is 0 Å². The van der Waals surface area contributed by atoms with Crippen LogP contribution in [-0.2, 0) is 27.4 Å². The Bertz CT molecular complexity index is 1040. The van der Waals surface area contributed by atoms with Crippen LogP contribution in [0.1, 0.15) is 28.0 Å². The fourth-order valence-electron chi connectivity index (χ4n) is 3.99. The van der Waals surface area contributed by atoms with E-state index >= 15 is 0 Å². The van der Waals surface area contributed by atoms with Gasteiger partial charge < -0.3 is 9.47 Å². The first-order valence-corrected chi connectivity index (χ1v) is 14.2. The Morgan fingerprint density at radius 3 is 2.64 bits per heavy atom. The topological polar surface area (TPSA) is 60.8 Å². The number of hydrogen-bond acceptors (Lipinski definition) is 4. The van der Waals surface area contributed by atoms with Crippen molar-refractivity contribution in [1.82, 2.24) is 4.57 Å². The average Bonchev–Trinajstić information content (AvgIpc) is 3.24. The Labute approximate surface area is 202 Å². The van der Waals surface area contributed by atoms with Gasteiger partial charge in [0.2, 0.25) is 5.91 Å². The highest BCUT2D eigenvalue weighted by atomic mass is 79.9. The zero-order valence-electron chi connectivity index (χ0n) is 19.2. The predicted octanol–water partition coefficient (Wildman–Crippen LogP) is 4.95. The molecule has 1 aliphatic rings. The van der Waals surface area contributed by atoms with Crippen LogP contribution >= 0.6 is 15.9 Å². The Kier molecular flexibility index (Phi) is 8.47. The lowest BCUT2D eigenvalue weighted by molar-refractivity contribution is -0.120. The molecule has 1 atom stereocenters. The van der Waals surface area contributed by atoms with E-state index in [-0.39, 0.29) is 18.6 Å². The molecule has 1 aromatic carbocycles. The average molecular weight is 542 g/mol. The molecule has 0 N–H and O–H groups in total. The number of methoxy groups -OCH3 is 1. The lowest BCUT2D eigenvalue weighted by atomic mass is 9.98. The highest BCUT2D eigenvalue weighted by molar-refractivity contribution is 9.10. The van der Waals surface area contributed by atoms with Gasteiger partial charge in [-0.15, -0.1) is 0 Å². The number of hydrogen-bond donors (Lipinski definition) is 0. The monoisotopic (exact) mass is 541 g/mol. The maximum Gasteiger partial charge on any atom is 0.356 e. The third-order valence-corrected chi connectivity index (χ3v) is 7.96. The van der Waals surface area contributed by atoms with Crippen molar-refractivity contribution in [3.8, 4) is 0 Å². The summed E-state index contributed by atoms with van der Waals surface area (Å²) in [5.74, 6) is -2.28. The quantitative estimate of drug-likeness (QED) is 0.256. The first-order chi connectivity index (χ1) is 15.6. The smallest absolute Gasteiger partial charge is 0.356 e. The summed E-state index contributed by atoms with van der Waals surface area (Å²) in [6, 6.07) is 4.68. The van der Waals surface area contributed by atoms with Crippen molar-refractivity contribution in [3.05, 3.63) is 51.1 Å². The number of anilines is 1. The second-order valence-electron chi connectivity index (χ2n) is 8.45. The second kappa shape index (κ2) is 10.9. The number of ether oxygens (including phenoxy) is 2. The first kappa shape index (κ1) is 25.6. The molecular formula is C23H28BrF2N2O4Si. The zero-order chi connectivity index (χ0) is 24.3. The number of halogens is 3. The molecule has 1 fully saturated rings. The van der Waals surface area contributed by atoms with Crippen molar-refractivity contribution in [1.29, 1.82) is 0 Å². The number of nitrogens with zero attached hydrogens (tertiary/aromatic N) is 2. The fraction of sp³-hybridized carbons (Fsp3) is 0.478. The number of amides is 1. The molecule has 1 aliphatic heterocycles. The van der Waals surface area contributed by atoms with Crippen LogP contribution in [0.25, 0.3) is 0 Å². The van der Waals surface area contributed by atoms with Crippen LogP contribution in [0.3, 0.4) is 0 Å². The van der Waals surface area contributed by atoms with E-state index in [2.05, 4.69) is 29.0 Å². The summed E-state index contributed by atoms with van der Waals surface area (Å²) in [5, 5.41) is 0. The van der Waals surface area contributed by atoms with Gasteiger partial charge in [0, 0.05) is 33.4 Å². The molecule has 1 aromatic heterocycles. The summed E-state index contributed by atoms with van der Waals surface area (Å²) in [7, 11) is 0.861. The molecule has 0 bridgehead atoms. The van der Waals surface area contributed by atoms with Gasteiger partial charge >= 0.3 is 5.97 Å². The molecule has 0 spiro atoms. The molecule has 2 aromatic rings. The number of carbonyl (C=O) groups excluding carboxylic acids is 2. The largest absolute Gasteiger partial charge is 0.464 e. The van der Waals surface area contributed by atoms with E-state index in [1.54, 1.807) is 9.47 Å². The fourth-order valence-corrected chi connectivity index (χ4v) is 5.10. The molecule has 3 rings (SSSR count). The molecule has 1 unspecified atom stereocenters. The summed E-state index contributed by atoms with van der Waals surface area (Å²) >= 11 is 3.49. The molecule has 33 heavy (non-hydrogen) atoms. The Morgan fingerprint density at radius 2 is 2.00 bits per heavy atom. The molecule has 6 nitrogen and oxygen atoms in total. The first-order valence-electron chi connectivity index (χ1n) is 10.7. The SMILES string of the molecule is COC(=O)c1c(Br)c(C)c(N2CCC(Cc3ccc(F)c(F)c3)C2=O)n1COCC[Si](C)C. The van der Waals surface area contributed by atoms with Gasteiger partial charge in [-0.3, -0.25) is 14.3 Å². The summed E-state index contributed by atoms with van der Waals surface area (Å²) in [6.45, 7) is 7.35. The van der Waals surface area contributed by atoms with Gasteiger partial charge in [-0.1, -0.05) is 19.2 Å². The van der Waals surface area contributed by atoms with Crippen molar-refractivity contribution in [2.45, 2.75) is 45.6 Å². The van der Waals surface area contributed by atoms with Crippen molar-refractivity contribution in [2.75, 3.05) is 25.2 Å². The van der Waals surface area contributed by atoms with Crippen molar-refractivity contribution in [2.24, 2.45) is 5.92 Å². The Morgan fingerprint density at radius 1 is 1.27 bits per heavy atom. The maximum absolute atomic E-state index is 13.6. The Hall–Kier alpha value is -2.04. The minimum Gasteiger partial charge on any atom is -0.464 e. The third kappa shape index (κ3) is 5.55. The van der Waals surface area contributed by atoms with Crippen LogP contribution < -0.4 is 4.90 Å². The molecule has 2 heterocycles. The molecule has 10 heteroatoms. The molecule has 0 aliphatic carbocycles. The highest BCUT2D eigenvalue weighted by Crippen LogP contribution is 2.38. The molecule has 1 radical (unpaired) electrons. The molecule has 1 saturated heterocycles. The lowest BCUT2D eigenvalue weighted by Crippen LogP contribution is -2.31. The number of benzene rings is 1. The normalized spacial score (nSPS) is 16.2. The number of aromatic nitrogens is 1. The summed E-state index contributed by atoms with van der Waals surface area (Å²) in [4.78, 5) is 27.5. The maximum atomic E-state index is 13.6. The zero-order valence-corrected chi connectivity index (χ0v) is 21.8. The van der Waals surface area contributed by atoms with E-state index in [1.807, 2.05) is 6.92 Å². The number of esters is 1. The van der Waals surface area contributed by atoms with Gasteiger partial charge in [0.05, 0.1) is 11.6 Å². The molecule has 179 valence electrons.